The second-order valence-corrected chi connectivity index (χ2v) is 6.17. The molecule has 2 unspecified atom stereocenters. The highest BCUT2D eigenvalue weighted by Crippen LogP contribution is 2.21. The standard InChI is InChI=1S/C19H18ClF2NO4/c1-11(27-14-7-8-15(21)16(22)9-14)19(25)23-17(10-18(24)26-2)12-3-5-13(20)6-4-12/h3-9,11,17H,10H2,1-2H3,(H,23,25). The van der Waals surface area contributed by atoms with E-state index in [-0.39, 0.29) is 12.2 Å². The van der Waals surface area contributed by atoms with E-state index >= 15 is 0 Å². The summed E-state index contributed by atoms with van der Waals surface area (Å²) in [6, 6.07) is 8.93. The molecule has 5 nitrogen and oxygen atoms in total. The summed E-state index contributed by atoms with van der Waals surface area (Å²) in [6.07, 6.45) is -1.11. The van der Waals surface area contributed by atoms with Gasteiger partial charge in [-0.1, -0.05) is 23.7 Å². The highest BCUT2D eigenvalue weighted by atomic mass is 35.5. The van der Waals surface area contributed by atoms with Crippen molar-refractivity contribution in [1.29, 1.82) is 0 Å². The van der Waals surface area contributed by atoms with E-state index in [1.807, 2.05) is 0 Å². The molecule has 2 aromatic carbocycles. The number of nitrogens with one attached hydrogen (secondary N) is 1. The fourth-order valence-corrected chi connectivity index (χ4v) is 2.42. The van der Waals surface area contributed by atoms with Gasteiger partial charge < -0.3 is 14.8 Å². The zero-order valence-corrected chi connectivity index (χ0v) is 15.4. The number of hydrogen-bond acceptors (Lipinski definition) is 4. The van der Waals surface area contributed by atoms with Gasteiger partial charge in [0.2, 0.25) is 0 Å². The van der Waals surface area contributed by atoms with E-state index in [1.165, 1.54) is 20.1 Å². The summed E-state index contributed by atoms with van der Waals surface area (Å²) in [7, 11) is 1.25. The number of methoxy groups -OCH3 is 1. The van der Waals surface area contributed by atoms with Crippen LogP contribution in [0.1, 0.15) is 24.9 Å². The van der Waals surface area contributed by atoms with Crippen molar-refractivity contribution in [3.63, 3.8) is 0 Å². The molecule has 0 aliphatic carbocycles. The molecule has 0 aliphatic rings. The summed E-state index contributed by atoms with van der Waals surface area (Å²) in [5.74, 6) is -3.13. The van der Waals surface area contributed by atoms with Gasteiger partial charge in [0.1, 0.15) is 5.75 Å². The van der Waals surface area contributed by atoms with E-state index in [9.17, 15) is 18.4 Å². The van der Waals surface area contributed by atoms with E-state index in [0.717, 1.165) is 12.1 Å². The lowest BCUT2D eigenvalue weighted by Crippen LogP contribution is -2.39. The van der Waals surface area contributed by atoms with Crippen LogP contribution < -0.4 is 10.1 Å². The van der Waals surface area contributed by atoms with Crippen molar-refractivity contribution in [2.24, 2.45) is 0 Å². The Morgan fingerprint density at radius 2 is 1.78 bits per heavy atom. The second-order valence-electron chi connectivity index (χ2n) is 5.73. The third-order valence-corrected chi connectivity index (χ3v) is 4.01. The third kappa shape index (κ3) is 5.92. The molecule has 2 atom stereocenters. The number of hydrogen-bond donors (Lipinski definition) is 1. The minimum Gasteiger partial charge on any atom is -0.481 e. The average molecular weight is 398 g/mol. The van der Waals surface area contributed by atoms with Gasteiger partial charge in [0.05, 0.1) is 19.6 Å². The first kappa shape index (κ1) is 20.6. The Kier molecular flexibility index (Phi) is 7.12. The zero-order chi connectivity index (χ0) is 20.0. The molecule has 0 bridgehead atoms. The van der Waals surface area contributed by atoms with Crippen molar-refractivity contribution < 1.29 is 27.8 Å². The van der Waals surface area contributed by atoms with Crippen LogP contribution >= 0.6 is 11.6 Å². The molecule has 0 radical (unpaired) electrons. The Hall–Kier alpha value is -2.67. The van der Waals surface area contributed by atoms with Crippen molar-refractivity contribution in [3.8, 4) is 5.75 Å². The second kappa shape index (κ2) is 9.32. The number of benzene rings is 2. The molecule has 2 rings (SSSR count). The number of amides is 1. The zero-order valence-electron chi connectivity index (χ0n) is 14.7. The molecule has 2 aromatic rings. The van der Waals surface area contributed by atoms with Crippen LogP contribution in [0.4, 0.5) is 8.78 Å². The Morgan fingerprint density at radius 1 is 1.11 bits per heavy atom. The summed E-state index contributed by atoms with van der Waals surface area (Å²) in [5, 5.41) is 3.20. The molecule has 144 valence electrons. The highest BCUT2D eigenvalue weighted by molar-refractivity contribution is 6.30. The maximum absolute atomic E-state index is 13.3. The summed E-state index contributed by atoms with van der Waals surface area (Å²) >= 11 is 5.86. The van der Waals surface area contributed by atoms with Crippen LogP contribution in [-0.4, -0.2) is 25.1 Å². The predicted octanol–water partition coefficient (Wildman–Crippen LogP) is 3.81. The van der Waals surface area contributed by atoms with Gasteiger partial charge in [-0.05, 0) is 36.8 Å². The molecule has 27 heavy (non-hydrogen) atoms. The molecule has 0 aromatic heterocycles. The van der Waals surface area contributed by atoms with Gasteiger partial charge in [-0.25, -0.2) is 8.78 Å². The van der Waals surface area contributed by atoms with Gasteiger partial charge in [0, 0.05) is 11.1 Å². The number of carbonyl (C=O) groups is 2. The van der Waals surface area contributed by atoms with Crippen LogP contribution in [0.5, 0.6) is 5.75 Å². The van der Waals surface area contributed by atoms with E-state index < -0.39 is 35.7 Å². The number of rotatable bonds is 7. The largest absolute Gasteiger partial charge is 0.481 e. The Labute approximate surface area is 160 Å². The topological polar surface area (TPSA) is 64.6 Å². The van der Waals surface area contributed by atoms with Crippen LogP contribution in [0, 0.1) is 11.6 Å². The Bertz CT molecular complexity index is 814. The summed E-state index contributed by atoms with van der Waals surface area (Å²) in [6.45, 7) is 1.45. The Balaban J connectivity index is 2.10. The van der Waals surface area contributed by atoms with E-state index in [0.29, 0.717) is 10.6 Å². The van der Waals surface area contributed by atoms with E-state index in [4.69, 9.17) is 16.3 Å². The van der Waals surface area contributed by atoms with Crippen LogP contribution in [0.25, 0.3) is 0 Å². The minimum absolute atomic E-state index is 0.00700. The lowest BCUT2D eigenvalue weighted by molar-refractivity contribution is -0.141. The summed E-state index contributed by atoms with van der Waals surface area (Å²) in [5.41, 5.74) is 0.651. The van der Waals surface area contributed by atoms with Crippen LogP contribution in [0.2, 0.25) is 5.02 Å². The molecular formula is C19H18ClF2NO4. The Morgan fingerprint density at radius 3 is 2.37 bits per heavy atom. The number of halogens is 3. The highest BCUT2D eigenvalue weighted by Gasteiger charge is 2.23. The van der Waals surface area contributed by atoms with Crippen molar-refractivity contribution in [3.05, 3.63) is 64.7 Å². The normalized spacial score (nSPS) is 12.8. The van der Waals surface area contributed by atoms with Crippen molar-refractivity contribution >= 4 is 23.5 Å². The molecule has 0 saturated carbocycles. The SMILES string of the molecule is COC(=O)CC(NC(=O)C(C)Oc1ccc(F)c(F)c1)c1ccc(Cl)cc1. The number of ether oxygens (including phenoxy) is 2. The van der Waals surface area contributed by atoms with Gasteiger partial charge in [-0.15, -0.1) is 0 Å². The molecule has 1 N–H and O–H groups in total. The van der Waals surface area contributed by atoms with E-state index in [1.54, 1.807) is 24.3 Å². The smallest absolute Gasteiger partial charge is 0.307 e. The van der Waals surface area contributed by atoms with Crippen LogP contribution in [0.3, 0.4) is 0 Å². The third-order valence-electron chi connectivity index (χ3n) is 3.76. The first-order valence-corrected chi connectivity index (χ1v) is 8.42. The van der Waals surface area contributed by atoms with Crippen LogP contribution in [-0.2, 0) is 14.3 Å². The summed E-state index contributed by atoms with van der Waals surface area (Å²) < 4.78 is 36.2. The molecule has 0 aliphatic heterocycles. The molecule has 0 spiro atoms. The molecular weight excluding hydrogens is 380 g/mol. The van der Waals surface area contributed by atoms with Crippen molar-refractivity contribution in [2.75, 3.05) is 7.11 Å². The first-order chi connectivity index (χ1) is 12.8. The minimum atomic E-state index is -1.08. The van der Waals surface area contributed by atoms with Crippen LogP contribution in [0.15, 0.2) is 42.5 Å². The molecule has 0 fully saturated rings. The van der Waals surface area contributed by atoms with Crippen molar-refractivity contribution in [1.82, 2.24) is 5.32 Å². The van der Waals surface area contributed by atoms with Crippen molar-refractivity contribution in [2.45, 2.75) is 25.5 Å². The lowest BCUT2D eigenvalue weighted by Gasteiger charge is -2.21. The monoisotopic (exact) mass is 397 g/mol. The maximum Gasteiger partial charge on any atom is 0.307 e. The molecule has 0 heterocycles. The number of carbonyl (C=O) groups excluding carboxylic acids is 2. The van der Waals surface area contributed by atoms with Gasteiger partial charge in [0.25, 0.3) is 5.91 Å². The fourth-order valence-electron chi connectivity index (χ4n) is 2.29. The average Bonchev–Trinajstić information content (AvgIpc) is 2.64. The molecule has 8 heteroatoms. The quantitative estimate of drug-likeness (QED) is 0.722. The first-order valence-electron chi connectivity index (χ1n) is 8.04. The van der Waals surface area contributed by atoms with Gasteiger partial charge >= 0.3 is 5.97 Å². The number of esters is 1. The lowest BCUT2D eigenvalue weighted by atomic mass is 10.0. The van der Waals surface area contributed by atoms with E-state index in [2.05, 4.69) is 10.1 Å². The molecule has 1 amide bonds. The fraction of sp³-hybridized carbons (Fsp3) is 0.263. The predicted molar refractivity (Wildman–Crippen MR) is 95.4 cm³/mol. The summed E-state index contributed by atoms with van der Waals surface area (Å²) in [4.78, 5) is 24.1. The van der Waals surface area contributed by atoms with Gasteiger partial charge in [-0.2, -0.15) is 0 Å². The molecule has 0 saturated heterocycles. The van der Waals surface area contributed by atoms with Gasteiger partial charge in [-0.3, -0.25) is 9.59 Å². The van der Waals surface area contributed by atoms with Gasteiger partial charge in [0.15, 0.2) is 17.7 Å². The maximum atomic E-state index is 13.3.